The molecule has 0 saturated carbocycles. The molecule has 34 heavy (non-hydrogen) atoms. The average Bonchev–Trinajstić information content (AvgIpc) is 3.36. The molecule has 1 aromatic carbocycles. The number of hydrogen-bond donors (Lipinski definition) is 1. The molecule has 0 spiro atoms. The van der Waals surface area contributed by atoms with Crippen molar-refractivity contribution in [1.82, 2.24) is 24.6 Å². The predicted molar refractivity (Wildman–Crippen MR) is 123 cm³/mol. The monoisotopic (exact) mass is 489 g/mol. The van der Waals surface area contributed by atoms with Crippen molar-refractivity contribution in [2.75, 3.05) is 41.4 Å². The number of rotatable bonds is 5. The number of nitrogens with zero attached hydrogens (tertiary/aromatic N) is 6. The highest BCUT2D eigenvalue weighted by Crippen LogP contribution is 2.34. The number of amides is 1. The van der Waals surface area contributed by atoms with Crippen molar-refractivity contribution in [1.29, 1.82) is 0 Å². The minimum Gasteiger partial charge on any atom is -0.352 e. The minimum absolute atomic E-state index is 0.151. The first-order chi connectivity index (χ1) is 16.4. The molecule has 2 aromatic heterocycles. The molecule has 6 rings (SSSR count). The molecule has 5 heterocycles. The van der Waals surface area contributed by atoms with Crippen molar-refractivity contribution >= 4 is 40.5 Å². The molecule has 12 heteroatoms. The second kappa shape index (κ2) is 8.03. The standard InChI is InChI=1S/C22H22F3N7OS/c23-22(24,25)13-3-1-4-15(7-13)32-20-17(8-26-32)19(28-21(29-20)27-14-11-34-12-14)30-9-16(10-30)31-6-2-5-18(31)33/h1,3-4,7-8,14,16H,2,5-6,9-12H2,(H,27,28,29). The maximum atomic E-state index is 13.3. The number of nitrogens with one attached hydrogen (secondary N) is 1. The van der Waals surface area contributed by atoms with Gasteiger partial charge in [0.05, 0.1) is 28.9 Å². The van der Waals surface area contributed by atoms with Gasteiger partial charge in [0, 0.05) is 43.6 Å². The van der Waals surface area contributed by atoms with E-state index in [1.165, 1.54) is 10.7 Å². The molecule has 3 saturated heterocycles. The largest absolute Gasteiger partial charge is 0.416 e. The van der Waals surface area contributed by atoms with Crippen LogP contribution in [0, 0.1) is 0 Å². The fraction of sp³-hybridized carbons (Fsp3) is 0.455. The Labute approximate surface area is 197 Å². The van der Waals surface area contributed by atoms with Gasteiger partial charge >= 0.3 is 6.18 Å². The fourth-order valence-corrected chi connectivity index (χ4v) is 5.22. The maximum Gasteiger partial charge on any atom is 0.416 e. The van der Waals surface area contributed by atoms with Crippen LogP contribution in [0.3, 0.4) is 0 Å². The van der Waals surface area contributed by atoms with Gasteiger partial charge in [-0.15, -0.1) is 0 Å². The van der Waals surface area contributed by atoms with E-state index in [0.717, 1.165) is 36.6 Å². The van der Waals surface area contributed by atoms with Gasteiger partial charge in [0.25, 0.3) is 0 Å². The number of fused-ring (bicyclic) bond motifs is 1. The SMILES string of the molecule is O=C1CCCN1C1CN(c2nc(NC3CSC3)nc3c2cnn3-c2cccc(C(F)(F)F)c2)C1. The van der Waals surface area contributed by atoms with E-state index >= 15 is 0 Å². The number of benzene rings is 1. The van der Waals surface area contributed by atoms with Crippen LogP contribution in [0.1, 0.15) is 18.4 Å². The number of carbonyl (C=O) groups excluding carboxylic acids is 1. The van der Waals surface area contributed by atoms with Crippen molar-refractivity contribution in [3.8, 4) is 5.69 Å². The summed E-state index contributed by atoms with van der Waals surface area (Å²) in [5, 5.41) is 8.38. The Bertz CT molecular complexity index is 1250. The van der Waals surface area contributed by atoms with Crippen molar-refractivity contribution in [3.63, 3.8) is 0 Å². The third kappa shape index (κ3) is 3.73. The van der Waals surface area contributed by atoms with Crippen LogP contribution < -0.4 is 10.2 Å². The molecule has 1 N–H and O–H groups in total. The number of carbonyl (C=O) groups is 1. The quantitative estimate of drug-likeness (QED) is 0.590. The highest BCUT2D eigenvalue weighted by molar-refractivity contribution is 8.00. The van der Waals surface area contributed by atoms with Gasteiger partial charge in [-0.2, -0.15) is 40.0 Å². The van der Waals surface area contributed by atoms with Gasteiger partial charge in [0.1, 0.15) is 5.82 Å². The van der Waals surface area contributed by atoms with E-state index in [2.05, 4.69) is 20.3 Å². The Morgan fingerprint density at radius 2 is 1.97 bits per heavy atom. The van der Waals surface area contributed by atoms with E-state index in [1.807, 2.05) is 16.7 Å². The van der Waals surface area contributed by atoms with Crippen LogP contribution in [-0.2, 0) is 11.0 Å². The number of hydrogen-bond acceptors (Lipinski definition) is 7. The van der Waals surface area contributed by atoms with Gasteiger partial charge in [-0.05, 0) is 24.6 Å². The fourth-order valence-electron chi connectivity index (χ4n) is 4.58. The second-order valence-corrected chi connectivity index (χ2v) is 9.92. The highest BCUT2D eigenvalue weighted by Gasteiger charge is 2.38. The molecule has 3 fully saturated rings. The molecule has 0 aliphatic carbocycles. The first kappa shape index (κ1) is 21.5. The molecular formula is C22H22F3N7OS. The van der Waals surface area contributed by atoms with Gasteiger partial charge in [-0.25, -0.2) is 4.68 Å². The second-order valence-electron chi connectivity index (χ2n) is 8.84. The van der Waals surface area contributed by atoms with E-state index in [-0.39, 0.29) is 23.7 Å². The van der Waals surface area contributed by atoms with Crippen LogP contribution in [0.4, 0.5) is 24.9 Å². The smallest absolute Gasteiger partial charge is 0.352 e. The van der Waals surface area contributed by atoms with Crippen LogP contribution in [0.25, 0.3) is 16.7 Å². The summed E-state index contributed by atoms with van der Waals surface area (Å²) in [6.45, 7) is 2.10. The number of anilines is 2. The predicted octanol–water partition coefficient (Wildman–Crippen LogP) is 3.17. The van der Waals surface area contributed by atoms with Gasteiger partial charge in [-0.1, -0.05) is 6.07 Å². The summed E-state index contributed by atoms with van der Waals surface area (Å²) >= 11 is 1.82. The van der Waals surface area contributed by atoms with Gasteiger partial charge < -0.3 is 15.1 Å². The Hall–Kier alpha value is -3.02. The number of thioether (sulfide) groups is 1. The summed E-state index contributed by atoms with van der Waals surface area (Å²) in [5.74, 6) is 3.21. The number of aromatic nitrogens is 4. The lowest BCUT2D eigenvalue weighted by Crippen LogP contribution is -2.60. The van der Waals surface area contributed by atoms with Crippen molar-refractivity contribution in [2.45, 2.75) is 31.1 Å². The summed E-state index contributed by atoms with van der Waals surface area (Å²) in [6.07, 6.45) is -1.36. The zero-order chi connectivity index (χ0) is 23.4. The Morgan fingerprint density at radius 3 is 2.65 bits per heavy atom. The lowest BCUT2D eigenvalue weighted by molar-refractivity contribution is -0.137. The summed E-state index contributed by atoms with van der Waals surface area (Å²) in [6, 6.07) is 5.47. The van der Waals surface area contributed by atoms with Gasteiger partial charge in [-0.3, -0.25) is 4.79 Å². The molecule has 0 unspecified atom stereocenters. The van der Waals surface area contributed by atoms with Crippen LogP contribution >= 0.6 is 11.8 Å². The molecule has 1 amide bonds. The normalized spacial score (nSPS) is 19.6. The average molecular weight is 490 g/mol. The molecule has 8 nitrogen and oxygen atoms in total. The molecule has 3 aromatic rings. The number of alkyl halides is 3. The molecule has 3 aliphatic heterocycles. The number of likely N-dealkylation sites (tertiary alicyclic amines) is 1. The Balaban J connectivity index is 1.37. The minimum atomic E-state index is -4.45. The molecule has 178 valence electrons. The molecule has 0 atom stereocenters. The van der Waals surface area contributed by atoms with E-state index in [4.69, 9.17) is 4.98 Å². The highest BCUT2D eigenvalue weighted by atomic mass is 32.2. The van der Waals surface area contributed by atoms with Crippen molar-refractivity contribution in [2.24, 2.45) is 0 Å². The summed E-state index contributed by atoms with van der Waals surface area (Å²) < 4.78 is 41.3. The summed E-state index contributed by atoms with van der Waals surface area (Å²) in [5.41, 5.74) is -0.0168. The first-order valence-corrected chi connectivity index (χ1v) is 12.3. The third-order valence-corrected chi connectivity index (χ3v) is 7.79. The van der Waals surface area contributed by atoms with Gasteiger partial charge in [0.2, 0.25) is 11.9 Å². The van der Waals surface area contributed by atoms with Crippen molar-refractivity contribution in [3.05, 3.63) is 36.0 Å². The lowest BCUT2D eigenvalue weighted by Gasteiger charge is -2.44. The first-order valence-electron chi connectivity index (χ1n) is 11.2. The number of halogens is 3. The third-order valence-electron chi connectivity index (χ3n) is 6.51. The van der Waals surface area contributed by atoms with E-state index in [1.54, 1.807) is 12.3 Å². The van der Waals surface area contributed by atoms with Gasteiger partial charge in [0.15, 0.2) is 5.65 Å². The molecule has 3 aliphatic rings. The van der Waals surface area contributed by atoms with E-state index in [9.17, 15) is 18.0 Å². The van der Waals surface area contributed by atoms with Crippen LogP contribution in [0.15, 0.2) is 30.5 Å². The van der Waals surface area contributed by atoms with Crippen molar-refractivity contribution < 1.29 is 18.0 Å². The maximum absolute atomic E-state index is 13.3. The zero-order valence-electron chi connectivity index (χ0n) is 18.1. The van der Waals surface area contributed by atoms with Crippen LogP contribution in [0.2, 0.25) is 0 Å². The van der Waals surface area contributed by atoms with Crippen LogP contribution in [0.5, 0.6) is 0 Å². The summed E-state index contributed by atoms with van der Waals surface area (Å²) in [4.78, 5) is 25.5. The lowest BCUT2D eigenvalue weighted by atomic mass is 10.1. The Kier molecular flexibility index (Phi) is 5.08. The molecule has 0 bridgehead atoms. The van der Waals surface area contributed by atoms with E-state index in [0.29, 0.717) is 42.3 Å². The summed E-state index contributed by atoms with van der Waals surface area (Å²) in [7, 11) is 0. The molecule has 0 radical (unpaired) electrons. The Morgan fingerprint density at radius 1 is 1.15 bits per heavy atom. The topological polar surface area (TPSA) is 79.2 Å². The zero-order valence-corrected chi connectivity index (χ0v) is 18.9. The van der Waals surface area contributed by atoms with Crippen LogP contribution in [-0.4, -0.2) is 73.8 Å². The van der Waals surface area contributed by atoms with E-state index < -0.39 is 11.7 Å². The molecular weight excluding hydrogens is 467 g/mol.